The largest absolute Gasteiger partial charge is 0.465 e. The highest BCUT2D eigenvalue weighted by molar-refractivity contribution is 5.82. The van der Waals surface area contributed by atoms with Crippen LogP contribution in [0.4, 0.5) is 0 Å². The summed E-state index contributed by atoms with van der Waals surface area (Å²) in [5.41, 5.74) is -0.482. The minimum atomic E-state index is -0.482. The number of hydrogen-bond acceptors (Lipinski definition) is 4. The van der Waals surface area contributed by atoms with E-state index in [0.29, 0.717) is 12.5 Å². The molecule has 2 fully saturated rings. The van der Waals surface area contributed by atoms with E-state index >= 15 is 0 Å². The Morgan fingerprint density at radius 2 is 2.00 bits per heavy atom. The van der Waals surface area contributed by atoms with Gasteiger partial charge in [-0.15, -0.1) is 0 Å². The Hall–Kier alpha value is -0.610. The van der Waals surface area contributed by atoms with Crippen molar-refractivity contribution in [3.63, 3.8) is 0 Å². The van der Waals surface area contributed by atoms with Crippen LogP contribution < -0.4 is 5.32 Å². The molecule has 1 unspecified atom stereocenters. The van der Waals surface area contributed by atoms with Crippen molar-refractivity contribution in [3.05, 3.63) is 0 Å². The molecule has 4 heteroatoms. The van der Waals surface area contributed by atoms with Crippen LogP contribution in [0.1, 0.15) is 52.4 Å². The van der Waals surface area contributed by atoms with Crippen LogP contribution in [-0.4, -0.2) is 49.7 Å². The Morgan fingerprint density at radius 1 is 1.29 bits per heavy atom. The fraction of sp³-hybridized carbons (Fsp3) is 0.941. The highest BCUT2D eigenvalue weighted by Gasteiger charge is 2.52. The van der Waals surface area contributed by atoms with E-state index < -0.39 is 5.54 Å². The molecule has 2 rings (SSSR count). The summed E-state index contributed by atoms with van der Waals surface area (Å²) in [5, 5.41) is 3.55. The number of rotatable bonds is 10. The van der Waals surface area contributed by atoms with Crippen molar-refractivity contribution in [2.45, 2.75) is 57.9 Å². The molecule has 0 saturated heterocycles. The third kappa shape index (κ3) is 4.19. The Labute approximate surface area is 129 Å². The number of ether oxygens (including phenoxy) is 1. The first-order valence-corrected chi connectivity index (χ1v) is 8.73. The highest BCUT2D eigenvalue weighted by Crippen LogP contribution is 2.41. The maximum absolute atomic E-state index is 12.6. The summed E-state index contributed by atoms with van der Waals surface area (Å²) in [6.07, 6.45) is 7.41. The number of carbonyl (C=O) groups excluding carboxylic acids is 1. The van der Waals surface area contributed by atoms with Crippen LogP contribution >= 0.6 is 0 Å². The minimum Gasteiger partial charge on any atom is -0.465 e. The maximum atomic E-state index is 12.6. The van der Waals surface area contributed by atoms with Gasteiger partial charge in [0, 0.05) is 13.1 Å². The zero-order chi connectivity index (χ0) is 15.3. The third-order valence-electron chi connectivity index (χ3n) is 4.92. The van der Waals surface area contributed by atoms with E-state index in [9.17, 15) is 4.79 Å². The van der Waals surface area contributed by atoms with Gasteiger partial charge in [0.15, 0.2) is 0 Å². The lowest BCUT2D eigenvalue weighted by Gasteiger charge is -2.38. The zero-order valence-electron chi connectivity index (χ0n) is 14.0. The van der Waals surface area contributed by atoms with E-state index in [1.807, 2.05) is 6.92 Å². The lowest BCUT2D eigenvalue weighted by molar-refractivity contribution is -0.153. The monoisotopic (exact) mass is 296 g/mol. The molecule has 2 aliphatic rings. The number of nitrogens with zero attached hydrogens (tertiary/aromatic N) is 1. The summed E-state index contributed by atoms with van der Waals surface area (Å²) in [6, 6.07) is 0. The lowest BCUT2D eigenvalue weighted by atomic mass is 9.84. The van der Waals surface area contributed by atoms with Crippen LogP contribution in [0.3, 0.4) is 0 Å². The molecule has 0 aromatic rings. The third-order valence-corrected chi connectivity index (χ3v) is 4.92. The normalized spacial score (nSPS) is 21.9. The summed E-state index contributed by atoms with van der Waals surface area (Å²) < 4.78 is 5.42. The van der Waals surface area contributed by atoms with Crippen LogP contribution in [0.15, 0.2) is 0 Å². The number of nitrogens with one attached hydrogen (secondary N) is 1. The standard InChI is InChI=1S/C17H32N2O2/c1-4-11-18-17(15-9-10-15,16(20)21-5-2)13-19(3)12-14-7-6-8-14/h14-15,18H,4-13H2,1-3H3. The molecule has 1 atom stereocenters. The van der Waals surface area contributed by atoms with Gasteiger partial charge < -0.3 is 15.0 Å². The first-order chi connectivity index (χ1) is 10.1. The Balaban J connectivity index is 2.02. The molecule has 0 spiro atoms. The SMILES string of the molecule is CCCNC(CN(C)CC1CCC1)(C(=O)OCC)C1CC1. The molecule has 0 aromatic heterocycles. The smallest absolute Gasteiger partial charge is 0.327 e. The summed E-state index contributed by atoms with van der Waals surface area (Å²) >= 11 is 0. The molecule has 21 heavy (non-hydrogen) atoms. The van der Waals surface area contributed by atoms with Crippen molar-refractivity contribution in [1.82, 2.24) is 10.2 Å². The summed E-state index contributed by atoms with van der Waals surface area (Å²) in [7, 11) is 2.16. The van der Waals surface area contributed by atoms with Crippen LogP contribution in [0.25, 0.3) is 0 Å². The van der Waals surface area contributed by atoms with Gasteiger partial charge in [0.25, 0.3) is 0 Å². The molecule has 122 valence electrons. The zero-order valence-corrected chi connectivity index (χ0v) is 14.0. The second-order valence-corrected chi connectivity index (χ2v) is 6.89. The number of esters is 1. The fourth-order valence-corrected chi connectivity index (χ4v) is 3.42. The fourth-order valence-electron chi connectivity index (χ4n) is 3.42. The Bertz CT molecular complexity index is 340. The van der Waals surface area contributed by atoms with Crippen LogP contribution in [-0.2, 0) is 9.53 Å². The molecule has 0 bridgehead atoms. The van der Waals surface area contributed by atoms with Crippen LogP contribution in [0.5, 0.6) is 0 Å². The van der Waals surface area contributed by atoms with Crippen LogP contribution in [0.2, 0.25) is 0 Å². The second-order valence-electron chi connectivity index (χ2n) is 6.89. The minimum absolute atomic E-state index is 0.0404. The van der Waals surface area contributed by atoms with Crippen LogP contribution in [0, 0.1) is 11.8 Å². The second kappa shape index (κ2) is 7.59. The van der Waals surface area contributed by atoms with Crippen molar-refractivity contribution >= 4 is 5.97 Å². The average Bonchev–Trinajstić information content (AvgIpc) is 3.24. The van der Waals surface area contributed by atoms with Crippen molar-refractivity contribution in [2.24, 2.45) is 11.8 Å². The Kier molecular flexibility index (Phi) is 6.06. The van der Waals surface area contributed by atoms with Gasteiger partial charge in [-0.25, -0.2) is 4.79 Å². The predicted molar refractivity (Wildman–Crippen MR) is 85.2 cm³/mol. The van der Waals surface area contributed by atoms with Gasteiger partial charge in [0.1, 0.15) is 5.54 Å². The molecule has 0 amide bonds. The first-order valence-electron chi connectivity index (χ1n) is 8.73. The average molecular weight is 296 g/mol. The van der Waals surface area contributed by atoms with E-state index in [-0.39, 0.29) is 5.97 Å². The van der Waals surface area contributed by atoms with Gasteiger partial charge in [0.2, 0.25) is 0 Å². The molecule has 2 saturated carbocycles. The van der Waals surface area contributed by atoms with Gasteiger partial charge in [-0.3, -0.25) is 0 Å². The molecular weight excluding hydrogens is 264 g/mol. The van der Waals surface area contributed by atoms with E-state index in [2.05, 4.69) is 24.2 Å². The van der Waals surface area contributed by atoms with Crippen molar-refractivity contribution < 1.29 is 9.53 Å². The lowest BCUT2D eigenvalue weighted by Crippen LogP contribution is -2.61. The van der Waals surface area contributed by atoms with Crippen molar-refractivity contribution in [3.8, 4) is 0 Å². The van der Waals surface area contributed by atoms with Gasteiger partial charge in [0.05, 0.1) is 6.61 Å². The number of carbonyl (C=O) groups is 1. The van der Waals surface area contributed by atoms with Crippen molar-refractivity contribution in [1.29, 1.82) is 0 Å². The summed E-state index contributed by atoms with van der Waals surface area (Å²) in [5.74, 6) is 1.24. The quantitative estimate of drug-likeness (QED) is 0.629. The number of hydrogen-bond donors (Lipinski definition) is 1. The van der Waals surface area contributed by atoms with E-state index in [1.54, 1.807) is 0 Å². The predicted octanol–water partition coefficient (Wildman–Crippen LogP) is 2.43. The molecule has 0 aromatic carbocycles. The highest BCUT2D eigenvalue weighted by atomic mass is 16.5. The number of likely N-dealkylation sites (N-methyl/N-ethyl adjacent to an activating group) is 1. The molecule has 0 aliphatic heterocycles. The molecule has 2 aliphatic carbocycles. The van der Waals surface area contributed by atoms with E-state index in [1.165, 1.54) is 19.3 Å². The van der Waals surface area contributed by atoms with E-state index in [0.717, 1.165) is 44.8 Å². The van der Waals surface area contributed by atoms with Gasteiger partial charge in [-0.2, -0.15) is 0 Å². The summed E-state index contributed by atoms with van der Waals surface area (Å²) in [6.45, 7) is 7.29. The Morgan fingerprint density at radius 3 is 2.48 bits per heavy atom. The van der Waals surface area contributed by atoms with Gasteiger partial charge >= 0.3 is 5.97 Å². The molecule has 0 radical (unpaired) electrons. The van der Waals surface area contributed by atoms with Crippen molar-refractivity contribution in [2.75, 3.05) is 33.3 Å². The molecule has 4 nitrogen and oxygen atoms in total. The van der Waals surface area contributed by atoms with Gasteiger partial charge in [-0.1, -0.05) is 13.3 Å². The topological polar surface area (TPSA) is 41.6 Å². The van der Waals surface area contributed by atoms with Gasteiger partial charge in [-0.05, 0) is 64.5 Å². The van der Waals surface area contributed by atoms with E-state index in [4.69, 9.17) is 4.74 Å². The maximum Gasteiger partial charge on any atom is 0.327 e. The summed E-state index contributed by atoms with van der Waals surface area (Å²) in [4.78, 5) is 15.0. The molecular formula is C17H32N2O2. The first kappa shape index (κ1) is 16.8. The molecule has 0 heterocycles. The molecule has 1 N–H and O–H groups in total.